The third-order valence-corrected chi connectivity index (χ3v) is 4.02. The van der Waals surface area contributed by atoms with Gasteiger partial charge in [-0.3, -0.25) is 0 Å². The fourth-order valence-corrected chi connectivity index (χ4v) is 2.89. The molecule has 0 heterocycles. The zero-order valence-electron chi connectivity index (χ0n) is 15.5. The van der Waals surface area contributed by atoms with Gasteiger partial charge in [0.05, 0.1) is 11.4 Å². The first-order chi connectivity index (χ1) is 11.4. The standard InChI is InChI=1S/C22H28N2/c1-16(2)10-9-13-24(6)21-12-8-7-11-20(21)23-22-18(4)14-17(3)15-19(22)5/h7-9,11-15,23H,1,10H2,2-6H3/b13-9-. The zero-order valence-corrected chi connectivity index (χ0v) is 15.5. The van der Waals surface area contributed by atoms with Crippen LogP contribution in [-0.2, 0) is 0 Å². The summed E-state index contributed by atoms with van der Waals surface area (Å²) in [6, 6.07) is 12.8. The van der Waals surface area contributed by atoms with Gasteiger partial charge in [-0.15, -0.1) is 0 Å². The summed E-state index contributed by atoms with van der Waals surface area (Å²) in [5.74, 6) is 0. The third-order valence-electron chi connectivity index (χ3n) is 4.02. The van der Waals surface area contributed by atoms with Crippen LogP contribution in [0.25, 0.3) is 0 Å². The van der Waals surface area contributed by atoms with Crippen LogP contribution in [0.4, 0.5) is 17.1 Å². The highest BCUT2D eigenvalue weighted by atomic mass is 15.1. The molecule has 0 amide bonds. The fraction of sp³-hybridized carbons (Fsp3) is 0.273. The van der Waals surface area contributed by atoms with Crippen LogP contribution >= 0.6 is 0 Å². The zero-order chi connectivity index (χ0) is 17.7. The van der Waals surface area contributed by atoms with E-state index in [0.29, 0.717) is 0 Å². The molecule has 0 spiro atoms. The average molecular weight is 320 g/mol. The first kappa shape index (κ1) is 17.9. The second-order valence-corrected chi connectivity index (χ2v) is 6.57. The van der Waals surface area contributed by atoms with E-state index in [0.717, 1.165) is 23.4 Å². The molecule has 0 atom stereocenters. The van der Waals surface area contributed by atoms with Crippen LogP contribution in [0.3, 0.4) is 0 Å². The number of allylic oxidation sites excluding steroid dienone is 2. The summed E-state index contributed by atoms with van der Waals surface area (Å²) in [6.07, 6.45) is 5.14. The monoisotopic (exact) mass is 320 g/mol. The smallest absolute Gasteiger partial charge is 0.0642 e. The van der Waals surface area contributed by atoms with Crippen molar-refractivity contribution in [2.24, 2.45) is 0 Å². The number of aryl methyl sites for hydroxylation is 3. The van der Waals surface area contributed by atoms with Gasteiger partial charge in [0.1, 0.15) is 0 Å². The van der Waals surface area contributed by atoms with E-state index in [9.17, 15) is 0 Å². The predicted molar refractivity (Wildman–Crippen MR) is 107 cm³/mol. The lowest BCUT2D eigenvalue weighted by molar-refractivity contribution is 1.15. The van der Waals surface area contributed by atoms with Gasteiger partial charge >= 0.3 is 0 Å². The fourth-order valence-electron chi connectivity index (χ4n) is 2.89. The van der Waals surface area contributed by atoms with Crippen LogP contribution in [0.2, 0.25) is 0 Å². The Labute approximate surface area is 146 Å². The first-order valence-corrected chi connectivity index (χ1v) is 8.36. The lowest BCUT2D eigenvalue weighted by Crippen LogP contribution is -2.10. The highest BCUT2D eigenvalue weighted by Crippen LogP contribution is 2.31. The second kappa shape index (κ2) is 7.87. The number of benzene rings is 2. The van der Waals surface area contributed by atoms with Crippen molar-refractivity contribution in [3.05, 3.63) is 77.5 Å². The summed E-state index contributed by atoms with van der Waals surface area (Å²) in [5, 5.41) is 3.62. The summed E-state index contributed by atoms with van der Waals surface area (Å²) >= 11 is 0. The molecule has 2 heteroatoms. The first-order valence-electron chi connectivity index (χ1n) is 8.36. The Balaban J connectivity index is 2.30. The van der Waals surface area contributed by atoms with E-state index in [-0.39, 0.29) is 0 Å². The predicted octanol–water partition coefficient (Wildman–Crippen LogP) is 6.27. The van der Waals surface area contributed by atoms with Gasteiger partial charge in [0, 0.05) is 18.9 Å². The quantitative estimate of drug-likeness (QED) is 0.631. The molecule has 0 aliphatic carbocycles. The lowest BCUT2D eigenvalue weighted by atomic mass is 10.0. The summed E-state index contributed by atoms with van der Waals surface area (Å²) in [7, 11) is 2.07. The SMILES string of the molecule is C=C(C)C/C=C\N(C)c1ccccc1Nc1c(C)cc(C)cc1C. The molecule has 24 heavy (non-hydrogen) atoms. The summed E-state index contributed by atoms with van der Waals surface area (Å²) in [5.41, 5.74) is 8.43. The molecular formula is C22H28N2. The van der Waals surface area contributed by atoms with Gasteiger partial charge in [0.2, 0.25) is 0 Å². The van der Waals surface area contributed by atoms with Crippen molar-refractivity contribution in [1.82, 2.24) is 0 Å². The lowest BCUT2D eigenvalue weighted by Gasteiger charge is -2.21. The second-order valence-electron chi connectivity index (χ2n) is 6.57. The van der Waals surface area contributed by atoms with Gasteiger partial charge in [-0.2, -0.15) is 0 Å². The Hall–Kier alpha value is -2.48. The van der Waals surface area contributed by atoms with Crippen molar-refractivity contribution in [1.29, 1.82) is 0 Å². The molecule has 0 fully saturated rings. The van der Waals surface area contributed by atoms with Crippen molar-refractivity contribution < 1.29 is 0 Å². The number of anilines is 3. The summed E-state index contributed by atoms with van der Waals surface area (Å²) in [6.45, 7) is 12.4. The minimum absolute atomic E-state index is 0.899. The number of rotatable bonds is 6. The number of hydrogen-bond acceptors (Lipinski definition) is 2. The van der Waals surface area contributed by atoms with Crippen molar-refractivity contribution in [3.8, 4) is 0 Å². The molecule has 0 radical (unpaired) electrons. The van der Waals surface area contributed by atoms with E-state index in [2.05, 4.69) is 93.3 Å². The van der Waals surface area contributed by atoms with Crippen LogP contribution < -0.4 is 10.2 Å². The molecule has 0 unspecified atom stereocenters. The van der Waals surface area contributed by atoms with Gasteiger partial charge in [-0.25, -0.2) is 0 Å². The van der Waals surface area contributed by atoms with Gasteiger partial charge in [0.15, 0.2) is 0 Å². The molecule has 2 aromatic rings. The third kappa shape index (κ3) is 4.51. The molecule has 0 aliphatic rings. The minimum Gasteiger partial charge on any atom is -0.353 e. The maximum absolute atomic E-state index is 3.94. The Kier molecular flexibility index (Phi) is 5.86. The van der Waals surface area contributed by atoms with Crippen LogP contribution in [0.15, 0.2) is 60.8 Å². The van der Waals surface area contributed by atoms with E-state index in [1.165, 1.54) is 22.4 Å². The van der Waals surface area contributed by atoms with Crippen molar-refractivity contribution in [2.75, 3.05) is 17.3 Å². The number of nitrogens with zero attached hydrogens (tertiary/aromatic N) is 1. The van der Waals surface area contributed by atoms with Crippen LogP contribution in [-0.4, -0.2) is 7.05 Å². The van der Waals surface area contributed by atoms with Crippen molar-refractivity contribution >= 4 is 17.1 Å². The molecular weight excluding hydrogens is 292 g/mol. The number of nitrogens with one attached hydrogen (secondary N) is 1. The molecule has 2 nitrogen and oxygen atoms in total. The van der Waals surface area contributed by atoms with Gasteiger partial charge < -0.3 is 10.2 Å². The molecule has 1 N–H and O–H groups in total. The van der Waals surface area contributed by atoms with Gasteiger partial charge in [-0.05, 0) is 57.4 Å². The normalized spacial score (nSPS) is 10.9. The highest BCUT2D eigenvalue weighted by molar-refractivity contribution is 5.78. The summed E-state index contributed by atoms with van der Waals surface area (Å²) in [4.78, 5) is 2.14. The minimum atomic E-state index is 0.899. The van der Waals surface area contributed by atoms with E-state index in [4.69, 9.17) is 0 Å². The number of para-hydroxylation sites is 2. The highest BCUT2D eigenvalue weighted by Gasteiger charge is 2.09. The topological polar surface area (TPSA) is 15.3 Å². The Morgan fingerprint density at radius 2 is 1.75 bits per heavy atom. The molecule has 2 aromatic carbocycles. The largest absolute Gasteiger partial charge is 0.353 e. The Morgan fingerprint density at radius 1 is 1.12 bits per heavy atom. The van der Waals surface area contributed by atoms with Crippen LogP contribution in [0.5, 0.6) is 0 Å². The maximum atomic E-state index is 3.94. The Bertz CT molecular complexity index is 733. The van der Waals surface area contributed by atoms with E-state index in [1.54, 1.807) is 0 Å². The molecule has 0 saturated carbocycles. The van der Waals surface area contributed by atoms with Crippen molar-refractivity contribution in [3.63, 3.8) is 0 Å². The van der Waals surface area contributed by atoms with Gasteiger partial charge in [0.25, 0.3) is 0 Å². The van der Waals surface area contributed by atoms with E-state index < -0.39 is 0 Å². The van der Waals surface area contributed by atoms with Gasteiger partial charge in [-0.1, -0.05) is 48.1 Å². The maximum Gasteiger partial charge on any atom is 0.0642 e. The van der Waals surface area contributed by atoms with E-state index >= 15 is 0 Å². The molecule has 126 valence electrons. The van der Waals surface area contributed by atoms with Crippen LogP contribution in [0, 0.1) is 20.8 Å². The Morgan fingerprint density at radius 3 is 2.38 bits per heavy atom. The average Bonchev–Trinajstić information content (AvgIpc) is 2.50. The van der Waals surface area contributed by atoms with E-state index in [1.807, 2.05) is 6.92 Å². The van der Waals surface area contributed by atoms with Crippen molar-refractivity contribution in [2.45, 2.75) is 34.1 Å². The number of hydrogen-bond donors (Lipinski definition) is 1. The molecule has 0 saturated heterocycles. The van der Waals surface area contributed by atoms with Crippen LogP contribution in [0.1, 0.15) is 30.0 Å². The molecule has 0 aromatic heterocycles. The molecule has 2 rings (SSSR count). The molecule has 0 aliphatic heterocycles. The summed E-state index contributed by atoms with van der Waals surface area (Å²) < 4.78 is 0. The molecule has 0 bridgehead atoms.